The second kappa shape index (κ2) is 8.83. The Labute approximate surface area is 170 Å². The fourth-order valence-corrected chi connectivity index (χ4v) is 5.49. The van der Waals surface area contributed by atoms with Gasteiger partial charge in [0.05, 0.1) is 9.79 Å². The average Bonchev–Trinajstić information content (AvgIpc) is 2.64. The van der Waals surface area contributed by atoms with Gasteiger partial charge in [-0.25, -0.2) is 16.8 Å². The molecule has 0 aromatic heterocycles. The van der Waals surface area contributed by atoms with Gasteiger partial charge >= 0.3 is 0 Å². The maximum Gasteiger partial charge on any atom is 0.243 e. The Bertz CT molecular complexity index is 969. The standard InChI is InChI=1S/C18H23BrN2O4S2/c1-4-21(5-2)27(24,25)18-12-10-17(11-13-18)26(22,23)20(3)14-15-6-8-16(19)9-7-15/h6-13H,4-5,14H2,1-3H3. The summed E-state index contributed by atoms with van der Waals surface area (Å²) < 4.78 is 54.1. The van der Waals surface area contributed by atoms with E-state index in [9.17, 15) is 16.8 Å². The van der Waals surface area contributed by atoms with Crippen LogP contribution in [0.5, 0.6) is 0 Å². The van der Waals surface area contributed by atoms with Crippen molar-refractivity contribution in [2.24, 2.45) is 0 Å². The minimum Gasteiger partial charge on any atom is -0.207 e. The van der Waals surface area contributed by atoms with Gasteiger partial charge in [-0.15, -0.1) is 0 Å². The molecule has 0 aliphatic rings. The summed E-state index contributed by atoms with van der Waals surface area (Å²) in [6.45, 7) is 4.45. The third-order valence-electron chi connectivity index (χ3n) is 4.19. The SMILES string of the molecule is CCN(CC)S(=O)(=O)c1ccc(S(=O)(=O)N(C)Cc2ccc(Br)cc2)cc1. The van der Waals surface area contributed by atoms with E-state index in [2.05, 4.69) is 15.9 Å². The van der Waals surface area contributed by atoms with E-state index in [1.54, 1.807) is 13.8 Å². The molecule has 0 aliphatic heterocycles. The van der Waals surface area contributed by atoms with Crippen molar-refractivity contribution in [3.63, 3.8) is 0 Å². The molecular weight excluding hydrogens is 452 g/mol. The third kappa shape index (κ3) is 4.97. The molecule has 6 nitrogen and oxygen atoms in total. The molecule has 0 heterocycles. The Hall–Kier alpha value is -1.26. The quantitative estimate of drug-likeness (QED) is 0.587. The largest absolute Gasteiger partial charge is 0.243 e. The summed E-state index contributed by atoms with van der Waals surface area (Å²) in [6.07, 6.45) is 0. The molecule has 148 valence electrons. The highest BCUT2D eigenvalue weighted by Crippen LogP contribution is 2.21. The van der Waals surface area contributed by atoms with Crippen LogP contribution in [-0.2, 0) is 26.6 Å². The normalized spacial score (nSPS) is 12.7. The van der Waals surface area contributed by atoms with Gasteiger partial charge in [0, 0.05) is 31.2 Å². The minimum atomic E-state index is -3.73. The summed E-state index contributed by atoms with van der Waals surface area (Å²) in [5.74, 6) is 0. The van der Waals surface area contributed by atoms with E-state index in [1.165, 1.54) is 39.9 Å². The van der Waals surface area contributed by atoms with Crippen molar-refractivity contribution in [3.05, 3.63) is 58.6 Å². The molecule has 0 aliphatic carbocycles. The van der Waals surface area contributed by atoms with Gasteiger partial charge in [0.1, 0.15) is 0 Å². The van der Waals surface area contributed by atoms with E-state index in [-0.39, 0.29) is 16.3 Å². The van der Waals surface area contributed by atoms with E-state index in [0.29, 0.717) is 13.1 Å². The fourth-order valence-electron chi connectivity index (χ4n) is 2.61. The molecule has 0 saturated heterocycles. The molecule has 0 amide bonds. The first-order chi connectivity index (χ1) is 12.6. The zero-order valence-electron chi connectivity index (χ0n) is 15.5. The molecular formula is C18H23BrN2O4S2. The minimum absolute atomic E-state index is 0.0561. The van der Waals surface area contributed by atoms with E-state index in [4.69, 9.17) is 0 Å². The van der Waals surface area contributed by atoms with Crippen molar-refractivity contribution < 1.29 is 16.8 Å². The third-order valence-corrected chi connectivity index (χ3v) is 8.60. The number of hydrogen-bond acceptors (Lipinski definition) is 4. The first kappa shape index (κ1) is 22.0. The van der Waals surface area contributed by atoms with Crippen LogP contribution in [0, 0.1) is 0 Å². The molecule has 0 N–H and O–H groups in total. The van der Waals surface area contributed by atoms with Crippen molar-refractivity contribution in [2.45, 2.75) is 30.2 Å². The number of nitrogens with zero attached hydrogens (tertiary/aromatic N) is 2. The van der Waals surface area contributed by atoms with Gasteiger partial charge < -0.3 is 0 Å². The lowest BCUT2D eigenvalue weighted by molar-refractivity contribution is 0.445. The van der Waals surface area contributed by atoms with Crippen LogP contribution in [0.1, 0.15) is 19.4 Å². The molecule has 2 rings (SSSR count). The molecule has 27 heavy (non-hydrogen) atoms. The van der Waals surface area contributed by atoms with Crippen molar-refractivity contribution in [1.29, 1.82) is 0 Å². The average molecular weight is 475 g/mol. The molecule has 0 atom stereocenters. The second-order valence-corrected chi connectivity index (χ2v) is 10.8. The zero-order chi connectivity index (χ0) is 20.2. The van der Waals surface area contributed by atoms with Crippen molar-refractivity contribution >= 4 is 36.0 Å². The molecule has 0 spiro atoms. The van der Waals surface area contributed by atoms with Crippen LogP contribution in [0.3, 0.4) is 0 Å². The monoisotopic (exact) mass is 474 g/mol. The van der Waals surface area contributed by atoms with E-state index >= 15 is 0 Å². The molecule has 0 radical (unpaired) electrons. The van der Waals surface area contributed by atoms with Crippen LogP contribution in [0.4, 0.5) is 0 Å². The fraction of sp³-hybridized carbons (Fsp3) is 0.333. The molecule has 0 fully saturated rings. The predicted molar refractivity (Wildman–Crippen MR) is 109 cm³/mol. The highest BCUT2D eigenvalue weighted by molar-refractivity contribution is 9.10. The number of halogens is 1. The molecule has 0 saturated carbocycles. The molecule has 2 aromatic carbocycles. The molecule has 2 aromatic rings. The Morgan fingerprint density at radius 1 is 0.778 bits per heavy atom. The van der Waals surface area contributed by atoms with Gasteiger partial charge in [-0.2, -0.15) is 8.61 Å². The Morgan fingerprint density at radius 2 is 1.22 bits per heavy atom. The van der Waals surface area contributed by atoms with Crippen LogP contribution in [-0.4, -0.2) is 45.6 Å². The first-order valence-corrected chi connectivity index (χ1v) is 12.1. The predicted octanol–water partition coefficient (Wildman–Crippen LogP) is 3.30. The van der Waals surface area contributed by atoms with Gasteiger partial charge in [-0.05, 0) is 42.0 Å². The van der Waals surface area contributed by atoms with Crippen LogP contribution < -0.4 is 0 Å². The lowest BCUT2D eigenvalue weighted by Gasteiger charge is -2.20. The zero-order valence-corrected chi connectivity index (χ0v) is 18.7. The van der Waals surface area contributed by atoms with Gasteiger partial charge in [-0.3, -0.25) is 0 Å². The molecule has 0 bridgehead atoms. The summed E-state index contributed by atoms with van der Waals surface area (Å²) in [7, 11) is -5.85. The summed E-state index contributed by atoms with van der Waals surface area (Å²) in [6, 6.07) is 12.7. The number of benzene rings is 2. The van der Waals surface area contributed by atoms with Gasteiger partial charge in [0.2, 0.25) is 20.0 Å². The van der Waals surface area contributed by atoms with E-state index in [1.807, 2.05) is 24.3 Å². The summed E-state index contributed by atoms with van der Waals surface area (Å²) >= 11 is 3.35. The van der Waals surface area contributed by atoms with Gasteiger partial charge in [0.15, 0.2) is 0 Å². The van der Waals surface area contributed by atoms with Crippen molar-refractivity contribution in [3.8, 4) is 0 Å². The number of sulfonamides is 2. The first-order valence-electron chi connectivity index (χ1n) is 8.44. The Morgan fingerprint density at radius 3 is 1.67 bits per heavy atom. The smallest absolute Gasteiger partial charge is 0.207 e. The van der Waals surface area contributed by atoms with Crippen LogP contribution in [0.25, 0.3) is 0 Å². The maximum atomic E-state index is 12.8. The summed E-state index contributed by atoms with van der Waals surface area (Å²) in [5, 5.41) is 0. The van der Waals surface area contributed by atoms with E-state index in [0.717, 1.165) is 10.0 Å². The van der Waals surface area contributed by atoms with Crippen LogP contribution >= 0.6 is 15.9 Å². The lowest BCUT2D eigenvalue weighted by Crippen LogP contribution is -2.30. The van der Waals surface area contributed by atoms with E-state index < -0.39 is 20.0 Å². The van der Waals surface area contributed by atoms with Gasteiger partial charge in [-0.1, -0.05) is 41.9 Å². The number of hydrogen-bond donors (Lipinski definition) is 0. The molecule has 9 heteroatoms. The van der Waals surface area contributed by atoms with Crippen molar-refractivity contribution in [1.82, 2.24) is 8.61 Å². The van der Waals surface area contributed by atoms with Crippen molar-refractivity contribution in [2.75, 3.05) is 20.1 Å². The van der Waals surface area contributed by atoms with Gasteiger partial charge in [0.25, 0.3) is 0 Å². The van der Waals surface area contributed by atoms with Crippen LogP contribution in [0.2, 0.25) is 0 Å². The summed E-state index contributed by atoms with van der Waals surface area (Å²) in [5.41, 5.74) is 0.852. The molecule has 0 unspecified atom stereocenters. The Balaban J connectivity index is 2.25. The summed E-state index contributed by atoms with van der Waals surface area (Å²) in [4.78, 5) is 0.140. The van der Waals surface area contributed by atoms with Crippen LogP contribution in [0.15, 0.2) is 62.8 Å². The second-order valence-electron chi connectivity index (χ2n) is 5.95. The Kier molecular flexibility index (Phi) is 7.20. The maximum absolute atomic E-state index is 12.8. The highest BCUT2D eigenvalue weighted by Gasteiger charge is 2.24. The lowest BCUT2D eigenvalue weighted by atomic mass is 10.2. The highest BCUT2D eigenvalue weighted by atomic mass is 79.9. The number of rotatable bonds is 8. The topological polar surface area (TPSA) is 74.8 Å².